The molecule has 0 bridgehead atoms. The van der Waals surface area contributed by atoms with Gasteiger partial charge in [0.1, 0.15) is 0 Å². The van der Waals surface area contributed by atoms with Crippen molar-refractivity contribution in [2.45, 2.75) is 13.0 Å². The predicted molar refractivity (Wildman–Crippen MR) is 92.0 cm³/mol. The van der Waals surface area contributed by atoms with Crippen molar-refractivity contribution in [2.24, 2.45) is 0 Å². The fourth-order valence-electron chi connectivity index (χ4n) is 2.53. The van der Waals surface area contributed by atoms with E-state index in [1.807, 2.05) is 79.7 Å². The van der Waals surface area contributed by atoms with Gasteiger partial charge in [0.05, 0.1) is 11.7 Å². The minimum Gasteiger partial charge on any atom is -0.344 e. The van der Waals surface area contributed by atoms with E-state index in [4.69, 9.17) is 0 Å². The number of nitrogens with one attached hydrogen (secondary N) is 1. The summed E-state index contributed by atoms with van der Waals surface area (Å²) in [5.41, 5.74) is 3.47. The second-order valence-electron chi connectivity index (χ2n) is 5.36. The highest BCUT2D eigenvalue weighted by Gasteiger charge is 2.15. The van der Waals surface area contributed by atoms with Crippen molar-refractivity contribution in [1.29, 1.82) is 0 Å². The zero-order chi connectivity index (χ0) is 16.1. The van der Waals surface area contributed by atoms with Gasteiger partial charge in [0.25, 0.3) is 5.91 Å². The Kier molecular flexibility index (Phi) is 4.48. The van der Waals surface area contributed by atoms with Gasteiger partial charge in [-0.1, -0.05) is 54.6 Å². The Morgan fingerprint density at radius 3 is 2.35 bits per heavy atom. The van der Waals surface area contributed by atoms with Gasteiger partial charge >= 0.3 is 0 Å². The third-order valence-electron chi connectivity index (χ3n) is 3.74. The Hall–Kier alpha value is -2.94. The molecule has 3 rings (SSSR count). The van der Waals surface area contributed by atoms with Gasteiger partial charge in [-0.3, -0.25) is 9.78 Å². The van der Waals surface area contributed by atoms with E-state index in [-0.39, 0.29) is 11.9 Å². The fourth-order valence-corrected chi connectivity index (χ4v) is 2.53. The molecule has 3 heteroatoms. The molecule has 0 aliphatic heterocycles. The van der Waals surface area contributed by atoms with Gasteiger partial charge in [0.2, 0.25) is 0 Å². The molecular formula is C20H18N2O. The zero-order valence-corrected chi connectivity index (χ0v) is 12.9. The van der Waals surface area contributed by atoms with E-state index in [1.54, 1.807) is 6.20 Å². The van der Waals surface area contributed by atoms with E-state index in [0.717, 1.165) is 16.8 Å². The van der Waals surface area contributed by atoms with E-state index in [2.05, 4.69) is 10.3 Å². The average Bonchev–Trinajstić information content (AvgIpc) is 2.63. The number of rotatable bonds is 4. The van der Waals surface area contributed by atoms with Crippen LogP contribution in [0, 0.1) is 0 Å². The van der Waals surface area contributed by atoms with Crippen molar-refractivity contribution in [3.05, 3.63) is 90.3 Å². The molecule has 0 saturated carbocycles. The Labute approximate surface area is 136 Å². The fraction of sp³-hybridized carbons (Fsp3) is 0.100. The summed E-state index contributed by atoms with van der Waals surface area (Å²) in [4.78, 5) is 17.0. The van der Waals surface area contributed by atoms with Gasteiger partial charge in [0, 0.05) is 11.8 Å². The number of amides is 1. The molecule has 0 spiro atoms. The Balaban J connectivity index is 1.86. The molecule has 1 atom stereocenters. The summed E-state index contributed by atoms with van der Waals surface area (Å²) in [6, 6.07) is 23.1. The normalized spacial score (nSPS) is 11.7. The molecule has 23 heavy (non-hydrogen) atoms. The maximum absolute atomic E-state index is 12.7. The molecule has 1 N–H and O–H groups in total. The molecule has 1 unspecified atom stereocenters. The third-order valence-corrected chi connectivity index (χ3v) is 3.74. The highest BCUT2D eigenvalue weighted by Crippen LogP contribution is 2.24. The molecule has 1 aromatic heterocycles. The molecule has 1 heterocycles. The second kappa shape index (κ2) is 6.88. The lowest BCUT2D eigenvalue weighted by Gasteiger charge is -2.15. The molecule has 2 aromatic carbocycles. The topological polar surface area (TPSA) is 42.0 Å². The van der Waals surface area contributed by atoms with E-state index < -0.39 is 0 Å². The number of pyridine rings is 1. The van der Waals surface area contributed by atoms with Gasteiger partial charge in [0.15, 0.2) is 0 Å². The van der Waals surface area contributed by atoms with Gasteiger partial charge in [-0.2, -0.15) is 0 Å². The Bertz CT molecular complexity index is 785. The first-order chi connectivity index (χ1) is 11.3. The summed E-state index contributed by atoms with van der Waals surface area (Å²) in [5, 5.41) is 3.02. The molecule has 0 aliphatic carbocycles. The molecule has 0 saturated heterocycles. The van der Waals surface area contributed by atoms with Crippen molar-refractivity contribution in [2.75, 3.05) is 0 Å². The molecule has 0 fully saturated rings. The van der Waals surface area contributed by atoms with Crippen LogP contribution in [0.15, 0.2) is 79.0 Å². The quantitative estimate of drug-likeness (QED) is 0.783. The van der Waals surface area contributed by atoms with Crippen LogP contribution in [-0.4, -0.2) is 10.9 Å². The molecule has 1 amide bonds. The summed E-state index contributed by atoms with van der Waals surface area (Å²) in [6.07, 6.45) is 1.73. The van der Waals surface area contributed by atoms with E-state index in [1.165, 1.54) is 0 Å². The minimum absolute atomic E-state index is 0.0948. The second-order valence-corrected chi connectivity index (χ2v) is 5.36. The van der Waals surface area contributed by atoms with Crippen LogP contribution in [0.25, 0.3) is 11.1 Å². The zero-order valence-electron chi connectivity index (χ0n) is 12.9. The van der Waals surface area contributed by atoms with Gasteiger partial charge < -0.3 is 5.32 Å². The molecule has 114 valence electrons. The van der Waals surface area contributed by atoms with Crippen molar-refractivity contribution in [1.82, 2.24) is 10.3 Å². The molecular weight excluding hydrogens is 284 g/mol. The largest absolute Gasteiger partial charge is 0.344 e. The number of benzene rings is 2. The maximum atomic E-state index is 12.7. The van der Waals surface area contributed by atoms with Gasteiger partial charge in [-0.25, -0.2) is 0 Å². The highest BCUT2D eigenvalue weighted by atomic mass is 16.1. The van der Waals surface area contributed by atoms with E-state index in [9.17, 15) is 4.79 Å². The number of hydrogen-bond acceptors (Lipinski definition) is 2. The monoisotopic (exact) mass is 302 g/mol. The van der Waals surface area contributed by atoms with Gasteiger partial charge in [-0.05, 0) is 36.2 Å². The predicted octanol–water partition coefficient (Wildman–Crippen LogP) is 4.24. The van der Waals surface area contributed by atoms with Crippen LogP contribution in [-0.2, 0) is 0 Å². The lowest BCUT2D eigenvalue weighted by Crippen LogP contribution is -2.27. The molecule has 0 aliphatic rings. The smallest absolute Gasteiger partial charge is 0.252 e. The molecule has 3 nitrogen and oxygen atoms in total. The molecule has 0 radical (unpaired) electrons. The van der Waals surface area contributed by atoms with Crippen LogP contribution in [0.2, 0.25) is 0 Å². The first-order valence-electron chi connectivity index (χ1n) is 7.62. The lowest BCUT2D eigenvalue weighted by molar-refractivity contribution is 0.0940. The lowest BCUT2D eigenvalue weighted by atomic mass is 9.99. The third kappa shape index (κ3) is 3.46. The summed E-state index contributed by atoms with van der Waals surface area (Å²) in [6.45, 7) is 1.94. The summed E-state index contributed by atoms with van der Waals surface area (Å²) in [7, 11) is 0. The van der Waals surface area contributed by atoms with Gasteiger partial charge in [-0.15, -0.1) is 0 Å². The van der Waals surface area contributed by atoms with Crippen LogP contribution in [0.4, 0.5) is 0 Å². The Morgan fingerprint density at radius 2 is 1.61 bits per heavy atom. The standard InChI is InChI=1S/C20H18N2O/c1-15(19-13-7-8-14-21-19)22-20(23)18-12-6-5-11-17(18)16-9-3-2-4-10-16/h2-15H,1H3,(H,22,23). The van der Waals surface area contributed by atoms with Crippen molar-refractivity contribution >= 4 is 5.91 Å². The van der Waals surface area contributed by atoms with Crippen LogP contribution >= 0.6 is 0 Å². The summed E-state index contributed by atoms with van der Waals surface area (Å²) < 4.78 is 0. The van der Waals surface area contributed by atoms with E-state index >= 15 is 0 Å². The van der Waals surface area contributed by atoms with Crippen molar-refractivity contribution in [3.8, 4) is 11.1 Å². The Morgan fingerprint density at radius 1 is 0.913 bits per heavy atom. The number of nitrogens with zero attached hydrogens (tertiary/aromatic N) is 1. The number of carbonyl (C=O) groups excluding carboxylic acids is 1. The number of aromatic nitrogens is 1. The van der Waals surface area contributed by atoms with Crippen LogP contribution in [0.3, 0.4) is 0 Å². The van der Waals surface area contributed by atoms with Crippen molar-refractivity contribution in [3.63, 3.8) is 0 Å². The SMILES string of the molecule is CC(NC(=O)c1ccccc1-c1ccccc1)c1ccccn1. The van der Waals surface area contributed by atoms with Crippen LogP contribution in [0.5, 0.6) is 0 Å². The van der Waals surface area contributed by atoms with Crippen LogP contribution < -0.4 is 5.32 Å². The average molecular weight is 302 g/mol. The summed E-state index contributed by atoms with van der Waals surface area (Å²) >= 11 is 0. The van der Waals surface area contributed by atoms with E-state index in [0.29, 0.717) is 5.56 Å². The van der Waals surface area contributed by atoms with Crippen molar-refractivity contribution < 1.29 is 4.79 Å². The highest BCUT2D eigenvalue weighted by molar-refractivity contribution is 6.01. The summed E-state index contributed by atoms with van der Waals surface area (Å²) in [5.74, 6) is -0.0948. The van der Waals surface area contributed by atoms with Crippen LogP contribution in [0.1, 0.15) is 29.0 Å². The minimum atomic E-state index is -0.146. The molecule has 3 aromatic rings. The first kappa shape index (κ1) is 15.0. The first-order valence-corrected chi connectivity index (χ1v) is 7.62. The number of carbonyl (C=O) groups is 1. The number of hydrogen-bond donors (Lipinski definition) is 1. The maximum Gasteiger partial charge on any atom is 0.252 e.